The van der Waals surface area contributed by atoms with Crippen molar-refractivity contribution in [1.82, 2.24) is 14.7 Å². The predicted octanol–water partition coefficient (Wildman–Crippen LogP) is 3.00. The van der Waals surface area contributed by atoms with Crippen molar-refractivity contribution in [3.05, 3.63) is 76.2 Å². The molecule has 0 fully saturated rings. The summed E-state index contributed by atoms with van der Waals surface area (Å²) in [5, 5.41) is 2.85. The van der Waals surface area contributed by atoms with Gasteiger partial charge in [0, 0.05) is 36.0 Å². The Kier molecular flexibility index (Phi) is 7.55. The monoisotopic (exact) mass is 454 g/mol. The second kappa shape index (κ2) is 10.3. The van der Waals surface area contributed by atoms with Crippen LogP contribution in [0.3, 0.4) is 0 Å². The fourth-order valence-electron chi connectivity index (χ4n) is 3.10. The lowest BCUT2D eigenvalue weighted by Gasteiger charge is -2.09. The fourth-order valence-corrected chi connectivity index (χ4v) is 4.23. The lowest BCUT2D eigenvalue weighted by atomic mass is 10.1. The van der Waals surface area contributed by atoms with Crippen LogP contribution in [-0.4, -0.2) is 30.8 Å². The average Bonchev–Trinajstić information content (AvgIpc) is 2.76. The summed E-state index contributed by atoms with van der Waals surface area (Å²) >= 11 is 0. The first-order valence-corrected chi connectivity index (χ1v) is 11.8. The molecule has 0 aliphatic carbocycles. The van der Waals surface area contributed by atoms with Gasteiger partial charge in [0.15, 0.2) is 0 Å². The molecule has 2 aromatic carbocycles. The molecule has 3 aromatic rings. The first kappa shape index (κ1) is 23.4. The van der Waals surface area contributed by atoms with Crippen molar-refractivity contribution in [2.45, 2.75) is 38.0 Å². The van der Waals surface area contributed by atoms with Crippen molar-refractivity contribution in [2.75, 3.05) is 11.9 Å². The van der Waals surface area contributed by atoms with E-state index < -0.39 is 10.0 Å². The Morgan fingerprint density at radius 1 is 1.09 bits per heavy atom. The van der Waals surface area contributed by atoms with Gasteiger partial charge >= 0.3 is 0 Å². The molecule has 0 radical (unpaired) electrons. The molecule has 3 N–H and O–H groups in total. The molecule has 0 aliphatic heterocycles. The van der Waals surface area contributed by atoms with Gasteiger partial charge in [0.25, 0.3) is 5.56 Å². The molecule has 0 atom stereocenters. The number of nitrogens with zero attached hydrogens (tertiary/aromatic N) is 1. The number of amides is 1. The van der Waals surface area contributed by atoms with Crippen LogP contribution < -0.4 is 15.6 Å². The predicted molar refractivity (Wildman–Crippen MR) is 124 cm³/mol. The normalized spacial score (nSPS) is 11.3. The Labute approximate surface area is 187 Å². The highest BCUT2D eigenvalue weighted by Gasteiger charge is 2.13. The molecule has 8 nitrogen and oxygen atoms in total. The number of hydrogen-bond acceptors (Lipinski definition) is 5. The molecule has 0 bridgehead atoms. The van der Waals surface area contributed by atoms with Gasteiger partial charge in [-0.25, -0.2) is 18.1 Å². The molecule has 0 unspecified atom stereocenters. The van der Waals surface area contributed by atoms with E-state index in [1.165, 1.54) is 6.07 Å². The summed E-state index contributed by atoms with van der Waals surface area (Å²) in [5.41, 5.74) is 2.53. The van der Waals surface area contributed by atoms with Gasteiger partial charge in [-0.15, -0.1) is 0 Å². The number of carbonyl (C=O) groups is 1. The number of anilines is 1. The average molecular weight is 455 g/mol. The molecule has 0 spiro atoms. The topological polar surface area (TPSA) is 121 Å². The number of carbonyl (C=O) groups excluding carboxylic acids is 1. The van der Waals surface area contributed by atoms with Crippen LogP contribution in [0, 0.1) is 6.92 Å². The maximum Gasteiger partial charge on any atom is 0.251 e. The Hall–Kier alpha value is -3.30. The summed E-state index contributed by atoms with van der Waals surface area (Å²) in [6.45, 7) is 4.03. The molecular weight excluding hydrogens is 428 g/mol. The SMILES string of the molecule is CCCNS(=O)(=O)c1ccc(CCC(=O)Nc2cccc(-c3nc(C)cc(=O)[nH]3)c2)cc1. The summed E-state index contributed by atoms with van der Waals surface area (Å²) < 4.78 is 26.8. The largest absolute Gasteiger partial charge is 0.326 e. The highest BCUT2D eigenvalue weighted by molar-refractivity contribution is 7.89. The Morgan fingerprint density at radius 2 is 1.84 bits per heavy atom. The number of nitrogens with one attached hydrogen (secondary N) is 3. The van der Waals surface area contributed by atoms with Gasteiger partial charge in [0.2, 0.25) is 15.9 Å². The minimum absolute atomic E-state index is 0.172. The van der Waals surface area contributed by atoms with E-state index in [0.29, 0.717) is 35.7 Å². The van der Waals surface area contributed by atoms with Crippen LogP contribution in [0.2, 0.25) is 0 Å². The summed E-state index contributed by atoms with van der Waals surface area (Å²) in [4.78, 5) is 31.3. The summed E-state index contributed by atoms with van der Waals surface area (Å²) in [6, 6.07) is 15.0. The number of benzene rings is 2. The van der Waals surface area contributed by atoms with Crippen LogP contribution in [0.1, 0.15) is 31.0 Å². The van der Waals surface area contributed by atoms with E-state index >= 15 is 0 Å². The zero-order valence-electron chi connectivity index (χ0n) is 18.0. The number of hydrogen-bond donors (Lipinski definition) is 3. The van der Waals surface area contributed by atoms with Gasteiger partial charge in [0.1, 0.15) is 5.82 Å². The van der Waals surface area contributed by atoms with Crippen LogP contribution in [0.4, 0.5) is 5.69 Å². The van der Waals surface area contributed by atoms with Crippen molar-refractivity contribution in [2.24, 2.45) is 0 Å². The maximum absolute atomic E-state index is 12.4. The Bertz CT molecular complexity index is 1250. The second-order valence-corrected chi connectivity index (χ2v) is 9.17. The van der Waals surface area contributed by atoms with Crippen LogP contribution in [0.5, 0.6) is 0 Å². The van der Waals surface area contributed by atoms with Crippen LogP contribution in [0.25, 0.3) is 11.4 Å². The van der Waals surface area contributed by atoms with Crippen LogP contribution in [-0.2, 0) is 21.2 Å². The number of aryl methyl sites for hydroxylation is 2. The van der Waals surface area contributed by atoms with E-state index in [1.807, 2.05) is 6.92 Å². The van der Waals surface area contributed by atoms with Crippen LogP contribution >= 0.6 is 0 Å². The van der Waals surface area contributed by atoms with Gasteiger partial charge in [-0.2, -0.15) is 0 Å². The van der Waals surface area contributed by atoms with Crippen LogP contribution in [0.15, 0.2) is 64.3 Å². The van der Waals surface area contributed by atoms with E-state index in [0.717, 1.165) is 12.0 Å². The molecule has 0 aliphatic rings. The Balaban J connectivity index is 1.60. The molecule has 1 amide bonds. The van der Waals surface area contributed by atoms with Gasteiger partial charge in [-0.05, 0) is 49.6 Å². The molecule has 0 saturated heterocycles. The van der Waals surface area contributed by atoms with E-state index in [4.69, 9.17) is 0 Å². The zero-order chi connectivity index (χ0) is 23.1. The fraction of sp³-hybridized carbons (Fsp3) is 0.261. The van der Waals surface area contributed by atoms with Gasteiger partial charge in [-0.3, -0.25) is 9.59 Å². The molecule has 168 valence electrons. The van der Waals surface area contributed by atoms with E-state index in [9.17, 15) is 18.0 Å². The minimum Gasteiger partial charge on any atom is -0.326 e. The van der Waals surface area contributed by atoms with E-state index in [2.05, 4.69) is 20.0 Å². The van der Waals surface area contributed by atoms with E-state index in [1.54, 1.807) is 55.5 Å². The van der Waals surface area contributed by atoms with Crippen molar-refractivity contribution in [3.63, 3.8) is 0 Å². The maximum atomic E-state index is 12.4. The van der Waals surface area contributed by atoms with Crippen molar-refractivity contribution < 1.29 is 13.2 Å². The zero-order valence-corrected chi connectivity index (χ0v) is 18.8. The minimum atomic E-state index is -3.50. The van der Waals surface area contributed by atoms with Crippen molar-refractivity contribution >= 4 is 21.6 Å². The third-order valence-corrected chi connectivity index (χ3v) is 6.18. The van der Waals surface area contributed by atoms with Crippen molar-refractivity contribution in [1.29, 1.82) is 0 Å². The smallest absolute Gasteiger partial charge is 0.251 e. The number of aromatic amines is 1. The van der Waals surface area contributed by atoms with Gasteiger partial charge in [-0.1, -0.05) is 31.2 Å². The molecule has 1 heterocycles. The molecule has 0 saturated carbocycles. The molecule has 9 heteroatoms. The molecular formula is C23H26N4O4S. The first-order chi connectivity index (χ1) is 15.3. The molecule has 32 heavy (non-hydrogen) atoms. The van der Waals surface area contributed by atoms with E-state index in [-0.39, 0.29) is 22.8 Å². The number of sulfonamides is 1. The lowest BCUT2D eigenvalue weighted by molar-refractivity contribution is -0.116. The number of H-pyrrole nitrogens is 1. The quantitative estimate of drug-likeness (QED) is 0.459. The molecule has 3 rings (SSSR count). The lowest BCUT2D eigenvalue weighted by Crippen LogP contribution is -2.24. The summed E-state index contributed by atoms with van der Waals surface area (Å²) in [7, 11) is -3.50. The highest BCUT2D eigenvalue weighted by atomic mass is 32.2. The number of aromatic nitrogens is 2. The van der Waals surface area contributed by atoms with Gasteiger partial charge < -0.3 is 10.3 Å². The third kappa shape index (κ3) is 6.35. The second-order valence-electron chi connectivity index (χ2n) is 7.41. The van der Waals surface area contributed by atoms with Gasteiger partial charge in [0.05, 0.1) is 4.90 Å². The van der Waals surface area contributed by atoms with Crippen molar-refractivity contribution in [3.8, 4) is 11.4 Å². The molecule has 1 aromatic heterocycles. The standard InChI is InChI=1S/C23H26N4O4S/c1-3-13-24-32(30,31)20-10-7-17(8-11-20)9-12-21(28)26-19-6-4-5-18(15-19)23-25-16(2)14-22(29)27-23/h4-8,10-11,14-15,24H,3,9,12-13H2,1-2H3,(H,26,28)(H,25,27,29). The highest BCUT2D eigenvalue weighted by Crippen LogP contribution is 2.19. The summed E-state index contributed by atoms with van der Waals surface area (Å²) in [6.07, 6.45) is 1.43. The number of rotatable bonds is 9. The third-order valence-electron chi connectivity index (χ3n) is 4.71. The first-order valence-electron chi connectivity index (χ1n) is 10.3. The Morgan fingerprint density at radius 3 is 2.53 bits per heavy atom. The summed E-state index contributed by atoms with van der Waals surface area (Å²) in [5.74, 6) is 0.267.